The van der Waals surface area contributed by atoms with E-state index in [1.165, 1.54) is 0 Å². The van der Waals surface area contributed by atoms with Crippen LogP contribution in [0.3, 0.4) is 0 Å². The van der Waals surface area contributed by atoms with Crippen molar-refractivity contribution in [3.63, 3.8) is 0 Å². The van der Waals surface area contributed by atoms with Crippen molar-refractivity contribution in [1.29, 1.82) is 0 Å². The first kappa shape index (κ1) is 12.6. The van der Waals surface area contributed by atoms with Gasteiger partial charge in [0.1, 0.15) is 6.61 Å². The third-order valence-corrected chi connectivity index (χ3v) is 2.42. The molecule has 0 fully saturated rings. The van der Waals surface area contributed by atoms with E-state index in [-0.39, 0.29) is 12.5 Å². The molecule has 0 amide bonds. The number of benzene rings is 1. The van der Waals surface area contributed by atoms with Crippen molar-refractivity contribution < 1.29 is 13.5 Å². The monoisotopic (exact) mass is 270 g/mol. The third kappa shape index (κ3) is 2.87. The maximum atomic E-state index is 13.3. The lowest BCUT2D eigenvalue weighted by Gasteiger charge is -2.07. The summed E-state index contributed by atoms with van der Waals surface area (Å²) in [6.45, 7) is 0.0650. The van der Waals surface area contributed by atoms with Gasteiger partial charge in [-0.25, -0.2) is 8.78 Å². The Hall–Kier alpha value is -1.88. The maximum Gasteiger partial charge on any atom is 0.252 e. The van der Waals surface area contributed by atoms with Crippen LogP contribution >= 0.6 is 11.6 Å². The molecular weight excluding hydrogens is 262 g/mol. The highest BCUT2D eigenvalue weighted by Crippen LogP contribution is 2.20. The smallest absolute Gasteiger partial charge is 0.252 e. The number of nitrogens with zero attached hydrogens (tertiary/aromatic N) is 1. The molecular formula is C12H9ClF2N2O. The Morgan fingerprint density at radius 3 is 2.72 bits per heavy atom. The molecule has 0 aliphatic carbocycles. The van der Waals surface area contributed by atoms with Crippen molar-refractivity contribution in [2.75, 3.05) is 5.73 Å². The van der Waals surface area contributed by atoms with Gasteiger partial charge in [0.05, 0.1) is 0 Å². The van der Waals surface area contributed by atoms with Gasteiger partial charge in [-0.1, -0.05) is 23.7 Å². The van der Waals surface area contributed by atoms with Crippen LogP contribution in [0.5, 0.6) is 5.88 Å². The summed E-state index contributed by atoms with van der Waals surface area (Å²) in [4.78, 5) is 3.48. The molecule has 0 saturated heterocycles. The summed E-state index contributed by atoms with van der Waals surface area (Å²) < 4.78 is 31.3. The van der Waals surface area contributed by atoms with E-state index in [1.54, 1.807) is 24.3 Å². The number of hydrogen-bond acceptors (Lipinski definition) is 3. The zero-order chi connectivity index (χ0) is 13.1. The number of nitrogen functional groups attached to an aromatic ring is 1. The van der Waals surface area contributed by atoms with Crippen LogP contribution in [0.25, 0.3) is 0 Å². The Balaban J connectivity index is 2.13. The van der Waals surface area contributed by atoms with Gasteiger partial charge in [-0.3, -0.25) is 0 Å². The maximum absolute atomic E-state index is 13.3. The Bertz CT molecular complexity index is 578. The summed E-state index contributed by atoms with van der Waals surface area (Å²) >= 11 is 5.79. The normalized spacial score (nSPS) is 10.4. The fourth-order valence-corrected chi connectivity index (χ4v) is 1.56. The molecule has 18 heavy (non-hydrogen) atoms. The lowest BCUT2D eigenvalue weighted by atomic mass is 10.2. The molecule has 0 spiro atoms. The Kier molecular flexibility index (Phi) is 3.62. The van der Waals surface area contributed by atoms with Gasteiger partial charge >= 0.3 is 0 Å². The molecule has 0 unspecified atom stereocenters. The van der Waals surface area contributed by atoms with Crippen molar-refractivity contribution in [3.8, 4) is 5.88 Å². The first-order valence-electron chi connectivity index (χ1n) is 5.05. The number of rotatable bonds is 3. The van der Waals surface area contributed by atoms with E-state index >= 15 is 0 Å². The highest BCUT2D eigenvalue weighted by Gasteiger charge is 2.11. The van der Waals surface area contributed by atoms with Crippen LogP contribution in [0, 0.1) is 11.6 Å². The van der Waals surface area contributed by atoms with Crippen molar-refractivity contribution in [2.24, 2.45) is 0 Å². The largest absolute Gasteiger partial charge is 0.471 e. The SMILES string of the molecule is Nc1nc(OCc2cccc(Cl)c2)c(F)cc1F. The van der Waals surface area contributed by atoms with Crippen molar-refractivity contribution in [2.45, 2.75) is 6.61 Å². The van der Waals surface area contributed by atoms with Crippen molar-refractivity contribution in [3.05, 3.63) is 52.6 Å². The van der Waals surface area contributed by atoms with Crippen molar-refractivity contribution in [1.82, 2.24) is 4.98 Å². The molecule has 1 aromatic heterocycles. The molecule has 94 valence electrons. The second-order valence-corrected chi connectivity index (χ2v) is 4.00. The van der Waals surface area contributed by atoms with Gasteiger partial charge in [-0.05, 0) is 17.7 Å². The quantitative estimate of drug-likeness (QED) is 0.932. The minimum atomic E-state index is -0.914. The summed E-state index contributed by atoms with van der Waals surface area (Å²) in [6, 6.07) is 7.52. The van der Waals surface area contributed by atoms with Crippen LogP contribution < -0.4 is 10.5 Å². The summed E-state index contributed by atoms with van der Waals surface area (Å²) in [5.41, 5.74) is 5.97. The average Bonchev–Trinajstić information content (AvgIpc) is 2.32. The molecule has 0 atom stereocenters. The predicted molar refractivity (Wildman–Crippen MR) is 64.3 cm³/mol. The minimum absolute atomic E-state index is 0.0650. The van der Waals surface area contributed by atoms with Crippen LogP contribution in [0.2, 0.25) is 5.02 Å². The standard InChI is InChI=1S/C12H9ClF2N2O/c13-8-3-1-2-7(4-8)6-18-12-10(15)5-9(14)11(16)17-12/h1-5H,6H2,(H2,16,17). The molecule has 0 bridgehead atoms. The van der Waals surface area contributed by atoms with E-state index in [0.717, 1.165) is 5.56 Å². The van der Waals surface area contributed by atoms with E-state index in [9.17, 15) is 8.78 Å². The first-order valence-corrected chi connectivity index (χ1v) is 5.43. The topological polar surface area (TPSA) is 48.1 Å². The molecule has 2 N–H and O–H groups in total. The van der Waals surface area contributed by atoms with E-state index < -0.39 is 17.5 Å². The van der Waals surface area contributed by atoms with Gasteiger partial charge in [0.2, 0.25) is 0 Å². The fourth-order valence-electron chi connectivity index (χ4n) is 1.34. The Labute approximate surface area is 107 Å². The summed E-state index contributed by atoms with van der Waals surface area (Å²) in [5.74, 6) is -2.56. The number of halogens is 3. The van der Waals surface area contributed by atoms with Crippen LogP contribution in [0.1, 0.15) is 5.56 Å². The first-order chi connectivity index (χ1) is 8.56. The van der Waals surface area contributed by atoms with Gasteiger partial charge in [-0.2, -0.15) is 4.98 Å². The zero-order valence-electron chi connectivity index (χ0n) is 9.16. The lowest BCUT2D eigenvalue weighted by Crippen LogP contribution is -2.03. The molecule has 0 aliphatic rings. The Morgan fingerprint density at radius 1 is 1.22 bits per heavy atom. The van der Waals surface area contributed by atoms with Gasteiger partial charge in [0.15, 0.2) is 17.5 Å². The van der Waals surface area contributed by atoms with E-state index in [2.05, 4.69) is 4.98 Å². The predicted octanol–water partition coefficient (Wildman–Crippen LogP) is 3.17. The molecule has 6 heteroatoms. The number of aromatic nitrogens is 1. The molecule has 1 heterocycles. The number of hydrogen-bond donors (Lipinski definition) is 1. The molecule has 3 nitrogen and oxygen atoms in total. The van der Waals surface area contributed by atoms with Gasteiger partial charge in [0.25, 0.3) is 5.88 Å². The number of nitrogens with two attached hydrogens (primary N) is 1. The van der Waals surface area contributed by atoms with Gasteiger partial charge < -0.3 is 10.5 Å². The summed E-state index contributed by atoms with van der Waals surface area (Å²) in [5, 5.41) is 0.545. The van der Waals surface area contributed by atoms with Crippen LogP contribution in [0.4, 0.5) is 14.6 Å². The zero-order valence-corrected chi connectivity index (χ0v) is 9.92. The van der Waals surface area contributed by atoms with Crippen LogP contribution in [0.15, 0.2) is 30.3 Å². The summed E-state index contributed by atoms with van der Waals surface area (Å²) in [6.07, 6.45) is 0. The molecule has 2 rings (SSSR count). The molecule has 2 aromatic rings. The van der Waals surface area contributed by atoms with Gasteiger partial charge in [-0.15, -0.1) is 0 Å². The van der Waals surface area contributed by atoms with Gasteiger partial charge in [0, 0.05) is 11.1 Å². The third-order valence-electron chi connectivity index (χ3n) is 2.19. The molecule has 1 aromatic carbocycles. The number of anilines is 1. The second kappa shape index (κ2) is 5.18. The Morgan fingerprint density at radius 2 is 2.00 bits per heavy atom. The van der Waals surface area contributed by atoms with E-state index in [4.69, 9.17) is 22.1 Å². The highest BCUT2D eigenvalue weighted by molar-refractivity contribution is 6.30. The average molecular weight is 271 g/mol. The highest BCUT2D eigenvalue weighted by atomic mass is 35.5. The minimum Gasteiger partial charge on any atom is -0.471 e. The number of pyridine rings is 1. The fraction of sp³-hybridized carbons (Fsp3) is 0.0833. The van der Waals surface area contributed by atoms with Crippen LogP contribution in [-0.2, 0) is 6.61 Å². The van der Waals surface area contributed by atoms with Crippen molar-refractivity contribution >= 4 is 17.4 Å². The van der Waals surface area contributed by atoms with E-state index in [0.29, 0.717) is 11.1 Å². The number of ether oxygens (including phenoxy) is 1. The molecule has 0 aliphatic heterocycles. The van der Waals surface area contributed by atoms with E-state index in [1.807, 2.05) is 0 Å². The van der Waals surface area contributed by atoms with Crippen LogP contribution in [-0.4, -0.2) is 4.98 Å². The molecule has 0 radical (unpaired) electrons. The summed E-state index contributed by atoms with van der Waals surface area (Å²) in [7, 11) is 0. The second-order valence-electron chi connectivity index (χ2n) is 3.56. The lowest BCUT2D eigenvalue weighted by molar-refractivity contribution is 0.276. The molecule has 0 saturated carbocycles.